The van der Waals surface area contributed by atoms with E-state index >= 15 is 0 Å². The third kappa shape index (κ3) is 1.75. The minimum atomic E-state index is 0.364. The molecule has 0 heterocycles. The zero-order valence-electron chi connectivity index (χ0n) is 11.9. The SMILES string of the molecule is Cc1ccc2c(c1)CC1=C2C=CCC1C(C)(C)C. The van der Waals surface area contributed by atoms with Gasteiger partial charge in [-0.15, -0.1) is 0 Å². The molecule has 18 heavy (non-hydrogen) atoms. The molecule has 2 aliphatic carbocycles. The molecule has 0 saturated heterocycles. The van der Waals surface area contributed by atoms with Crippen LogP contribution >= 0.6 is 0 Å². The molecule has 1 unspecified atom stereocenters. The first-order valence-electron chi connectivity index (χ1n) is 6.96. The van der Waals surface area contributed by atoms with Crippen LogP contribution < -0.4 is 0 Å². The van der Waals surface area contributed by atoms with Gasteiger partial charge in [-0.2, -0.15) is 0 Å². The van der Waals surface area contributed by atoms with Crippen LogP contribution in [-0.4, -0.2) is 0 Å². The van der Waals surface area contributed by atoms with E-state index in [1.165, 1.54) is 35.1 Å². The van der Waals surface area contributed by atoms with Gasteiger partial charge in [0.2, 0.25) is 0 Å². The van der Waals surface area contributed by atoms with Crippen LogP contribution in [-0.2, 0) is 6.42 Å². The molecule has 0 radical (unpaired) electrons. The van der Waals surface area contributed by atoms with E-state index in [9.17, 15) is 0 Å². The number of rotatable bonds is 0. The van der Waals surface area contributed by atoms with Gasteiger partial charge in [-0.05, 0) is 47.8 Å². The molecule has 0 nitrogen and oxygen atoms in total. The maximum absolute atomic E-state index is 2.37. The predicted octanol–water partition coefficient (Wildman–Crippen LogP) is 4.93. The molecule has 0 amide bonds. The van der Waals surface area contributed by atoms with Crippen molar-refractivity contribution in [1.29, 1.82) is 0 Å². The van der Waals surface area contributed by atoms with E-state index in [4.69, 9.17) is 0 Å². The minimum absolute atomic E-state index is 0.364. The lowest BCUT2D eigenvalue weighted by molar-refractivity contribution is 0.278. The number of hydrogen-bond donors (Lipinski definition) is 0. The number of aryl methyl sites for hydroxylation is 1. The fraction of sp³-hybridized carbons (Fsp3) is 0.444. The van der Waals surface area contributed by atoms with Crippen LogP contribution in [0.4, 0.5) is 0 Å². The topological polar surface area (TPSA) is 0 Å². The first-order chi connectivity index (χ1) is 8.47. The van der Waals surface area contributed by atoms with E-state index < -0.39 is 0 Å². The molecular weight excluding hydrogens is 216 g/mol. The van der Waals surface area contributed by atoms with Crippen molar-refractivity contribution in [2.45, 2.75) is 40.5 Å². The molecule has 0 aliphatic heterocycles. The van der Waals surface area contributed by atoms with Crippen molar-refractivity contribution in [1.82, 2.24) is 0 Å². The largest absolute Gasteiger partial charge is 0.0833 e. The lowest BCUT2D eigenvalue weighted by atomic mass is 9.71. The van der Waals surface area contributed by atoms with Gasteiger partial charge in [0.25, 0.3) is 0 Å². The van der Waals surface area contributed by atoms with Crippen LogP contribution in [0.3, 0.4) is 0 Å². The lowest BCUT2D eigenvalue weighted by Crippen LogP contribution is -2.23. The van der Waals surface area contributed by atoms with Gasteiger partial charge in [-0.1, -0.05) is 62.3 Å². The Hall–Kier alpha value is -1.30. The van der Waals surface area contributed by atoms with Crippen molar-refractivity contribution in [2.75, 3.05) is 0 Å². The van der Waals surface area contributed by atoms with Gasteiger partial charge in [0, 0.05) is 0 Å². The molecule has 94 valence electrons. The van der Waals surface area contributed by atoms with Gasteiger partial charge >= 0.3 is 0 Å². The smallest absolute Gasteiger partial charge is 0.00485 e. The van der Waals surface area contributed by atoms with Gasteiger partial charge in [-0.25, -0.2) is 0 Å². The molecule has 3 rings (SSSR count). The summed E-state index contributed by atoms with van der Waals surface area (Å²) in [4.78, 5) is 0. The zero-order valence-corrected chi connectivity index (χ0v) is 11.9. The Balaban J connectivity index is 2.08. The van der Waals surface area contributed by atoms with Gasteiger partial charge < -0.3 is 0 Å². The van der Waals surface area contributed by atoms with E-state index in [1.54, 1.807) is 5.57 Å². The monoisotopic (exact) mass is 238 g/mol. The summed E-state index contributed by atoms with van der Waals surface area (Å²) < 4.78 is 0. The summed E-state index contributed by atoms with van der Waals surface area (Å²) in [6, 6.07) is 6.91. The van der Waals surface area contributed by atoms with Gasteiger partial charge in [0.15, 0.2) is 0 Å². The second-order valence-electron chi connectivity index (χ2n) is 6.83. The predicted molar refractivity (Wildman–Crippen MR) is 78.5 cm³/mol. The highest BCUT2D eigenvalue weighted by Crippen LogP contribution is 2.47. The molecule has 1 aromatic rings. The van der Waals surface area contributed by atoms with E-state index in [0.29, 0.717) is 11.3 Å². The quantitative estimate of drug-likeness (QED) is 0.601. The van der Waals surface area contributed by atoms with Crippen molar-refractivity contribution < 1.29 is 0 Å². The summed E-state index contributed by atoms with van der Waals surface area (Å²) >= 11 is 0. The molecule has 2 aliphatic rings. The number of benzene rings is 1. The summed E-state index contributed by atoms with van der Waals surface area (Å²) in [6.45, 7) is 9.30. The fourth-order valence-corrected chi connectivity index (χ4v) is 3.45. The normalized spacial score (nSPS) is 22.1. The summed E-state index contributed by atoms with van der Waals surface area (Å²) in [7, 11) is 0. The molecular formula is C18H22. The second-order valence-corrected chi connectivity index (χ2v) is 6.83. The van der Waals surface area contributed by atoms with Crippen molar-refractivity contribution in [3.05, 3.63) is 52.6 Å². The van der Waals surface area contributed by atoms with Crippen LogP contribution in [0.2, 0.25) is 0 Å². The molecule has 0 fully saturated rings. The van der Waals surface area contributed by atoms with Crippen molar-refractivity contribution in [3.8, 4) is 0 Å². The Morgan fingerprint density at radius 2 is 1.94 bits per heavy atom. The molecule has 0 bridgehead atoms. The standard InChI is InChI=1S/C18H22/c1-12-8-9-14-13(10-12)11-16-15(14)6-5-7-17(16)18(2,3)4/h5-6,8-10,17H,7,11H2,1-4H3. The second kappa shape index (κ2) is 3.85. The third-order valence-electron chi connectivity index (χ3n) is 4.40. The van der Waals surface area contributed by atoms with Crippen LogP contribution in [0, 0.1) is 18.3 Å². The molecule has 0 saturated carbocycles. The maximum atomic E-state index is 2.37. The average Bonchev–Trinajstić information content (AvgIpc) is 2.64. The molecule has 0 aromatic heterocycles. The Labute approximate surface area is 110 Å². The van der Waals surface area contributed by atoms with Gasteiger partial charge in [-0.3, -0.25) is 0 Å². The van der Waals surface area contributed by atoms with Crippen LogP contribution in [0.25, 0.3) is 5.57 Å². The van der Waals surface area contributed by atoms with Crippen molar-refractivity contribution >= 4 is 5.57 Å². The summed E-state index contributed by atoms with van der Waals surface area (Å²) in [5.74, 6) is 0.699. The van der Waals surface area contributed by atoms with E-state index in [1.807, 2.05) is 0 Å². The van der Waals surface area contributed by atoms with Crippen LogP contribution in [0.15, 0.2) is 35.9 Å². The van der Waals surface area contributed by atoms with Crippen molar-refractivity contribution in [2.24, 2.45) is 11.3 Å². The van der Waals surface area contributed by atoms with E-state index in [2.05, 4.69) is 58.0 Å². The van der Waals surface area contributed by atoms with Gasteiger partial charge in [0.05, 0.1) is 0 Å². The molecule has 0 N–H and O–H groups in total. The van der Waals surface area contributed by atoms with E-state index in [0.717, 1.165) is 0 Å². The van der Waals surface area contributed by atoms with Crippen LogP contribution in [0.5, 0.6) is 0 Å². The first-order valence-corrected chi connectivity index (χ1v) is 6.96. The first kappa shape index (κ1) is 11.8. The number of hydrogen-bond acceptors (Lipinski definition) is 0. The van der Waals surface area contributed by atoms with Crippen LogP contribution in [0.1, 0.15) is 43.9 Å². The highest BCUT2D eigenvalue weighted by Gasteiger charge is 2.34. The molecule has 0 heteroatoms. The van der Waals surface area contributed by atoms with Gasteiger partial charge in [0.1, 0.15) is 0 Å². The Bertz CT molecular complexity index is 550. The average molecular weight is 238 g/mol. The third-order valence-corrected chi connectivity index (χ3v) is 4.40. The molecule has 1 atom stereocenters. The Kier molecular flexibility index (Phi) is 2.52. The molecule has 0 spiro atoms. The highest BCUT2D eigenvalue weighted by atomic mass is 14.4. The summed E-state index contributed by atoms with van der Waals surface area (Å²) in [5.41, 5.74) is 7.93. The molecule has 1 aromatic carbocycles. The fourth-order valence-electron chi connectivity index (χ4n) is 3.45. The Morgan fingerprint density at radius 3 is 2.67 bits per heavy atom. The maximum Gasteiger partial charge on any atom is -0.00485 e. The highest BCUT2D eigenvalue weighted by molar-refractivity contribution is 5.84. The number of allylic oxidation sites excluding steroid dienone is 4. The van der Waals surface area contributed by atoms with E-state index in [-0.39, 0.29) is 0 Å². The summed E-state index contributed by atoms with van der Waals surface area (Å²) in [5, 5.41) is 0. The minimum Gasteiger partial charge on any atom is -0.0833 e. The lowest BCUT2D eigenvalue weighted by Gasteiger charge is -2.33. The zero-order chi connectivity index (χ0) is 12.9. The summed E-state index contributed by atoms with van der Waals surface area (Å²) in [6.07, 6.45) is 7.08. The Morgan fingerprint density at radius 1 is 1.17 bits per heavy atom. The number of fused-ring (bicyclic) bond motifs is 2. The van der Waals surface area contributed by atoms with Crippen molar-refractivity contribution in [3.63, 3.8) is 0 Å².